The first-order chi connectivity index (χ1) is 10.2. The second-order valence-electron chi connectivity index (χ2n) is 6.55. The van der Waals surface area contributed by atoms with E-state index in [1.165, 1.54) is 11.3 Å². The predicted octanol–water partition coefficient (Wildman–Crippen LogP) is 0.951. The summed E-state index contributed by atoms with van der Waals surface area (Å²) in [4.78, 5) is 4.73. The Hall–Kier alpha value is -1.10. The van der Waals surface area contributed by atoms with Crippen LogP contribution in [0.15, 0.2) is 24.3 Å². The van der Waals surface area contributed by atoms with Crippen molar-refractivity contribution in [2.24, 2.45) is 5.92 Å². The Bertz CT molecular complexity index is 459. The lowest BCUT2D eigenvalue weighted by atomic mass is 9.93. The minimum atomic E-state index is -0.276. The number of piperazine rings is 1. The number of nitrogens with zero attached hydrogens (tertiary/aromatic N) is 2. The summed E-state index contributed by atoms with van der Waals surface area (Å²) >= 11 is 0. The largest absolute Gasteiger partial charge is 0.390 e. The number of anilines is 1. The number of benzene rings is 1. The van der Waals surface area contributed by atoms with Crippen molar-refractivity contribution >= 4 is 5.69 Å². The van der Waals surface area contributed by atoms with Crippen LogP contribution >= 0.6 is 0 Å². The fourth-order valence-electron chi connectivity index (χ4n) is 3.58. The van der Waals surface area contributed by atoms with E-state index in [2.05, 4.69) is 46.3 Å². The molecule has 2 aliphatic heterocycles. The van der Waals surface area contributed by atoms with E-state index >= 15 is 0 Å². The number of aliphatic hydroxyl groups is 1. The van der Waals surface area contributed by atoms with Crippen LogP contribution in [0.25, 0.3) is 0 Å². The summed E-state index contributed by atoms with van der Waals surface area (Å²) < 4.78 is 0. The first-order valence-corrected chi connectivity index (χ1v) is 8.16. The second kappa shape index (κ2) is 6.77. The van der Waals surface area contributed by atoms with Crippen LogP contribution in [-0.2, 0) is 6.42 Å². The van der Waals surface area contributed by atoms with Gasteiger partial charge in [-0.15, -0.1) is 0 Å². The summed E-state index contributed by atoms with van der Waals surface area (Å²) in [6, 6.07) is 8.64. The van der Waals surface area contributed by atoms with E-state index in [1.54, 1.807) is 0 Å². The van der Waals surface area contributed by atoms with E-state index in [4.69, 9.17) is 0 Å². The Kier molecular flexibility index (Phi) is 4.78. The van der Waals surface area contributed by atoms with Crippen LogP contribution in [0.3, 0.4) is 0 Å². The number of nitrogens with one attached hydrogen (secondary N) is 1. The Labute approximate surface area is 127 Å². The predicted molar refractivity (Wildman–Crippen MR) is 86.8 cm³/mol. The maximum Gasteiger partial charge on any atom is 0.0841 e. The van der Waals surface area contributed by atoms with Crippen molar-refractivity contribution < 1.29 is 5.11 Å². The number of hydrogen-bond acceptors (Lipinski definition) is 4. The Morgan fingerprint density at radius 2 is 2.00 bits per heavy atom. The van der Waals surface area contributed by atoms with Gasteiger partial charge < -0.3 is 15.3 Å². The fraction of sp³-hybridized carbons (Fsp3) is 0.647. The zero-order chi connectivity index (χ0) is 14.7. The standard InChI is InChI=1S/C17H27N3O/c1-14-10-15-4-2-3-5-17(15)20(11-14)13-16(21)12-19-8-6-18-7-9-19/h2-5,14,16,18,21H,6-13H2,1H3. The van der Waals surface area contributed by atoms with Gasteiger partial charge in [0.1, 0.15) is 0 Å². The Morgan fingerprint density at radius 3 is 2.81 bits per heavy atom. The molecule has 2 atom stereocenters. The van der Waals surface area contributed by atoms with Gasteiger partial charge in [0.05, 0.1) is 6.10 Å². The molecular formula is C17H27N3O. The van der Waals surface area contributed by atoms with Crippen LogP contribution in [0.1, 0.15) is 12.5 Å². The van der Waals surface area contributed by atoms with Crippen molar-refractivity contribution in [1.29, 1.82) is 0 Å². The van der Waals surface area contributed by atoms with Gasteiger partial charge in [-0.25, -0.2) is 0 Å². The molecule has 0 aromatic heterocycles. The van der Waals surface area contributed by atoms with E-state index in [9.17, 15) is 5.11 Å². The number of para-hydroxylation sites is 1. The topological polar surface area (TPSA) is 38.7 Å². The molecule has 0 radical (unpaired) electrons. The van der Waals surface area contributed by atoms with Gasteiger partial charge in [0, 0.05) is 51.5 Å². The summed E-state index contributed by atoms with van der Waals surface area (Å²) in [6.07, 6.45) is 0.877. The van der Waals surface area contributed by atoms with E-state index in [0.29, 0.717) is 5.92 Å². The molecule has 0 aliphatic carbocycles. The molecule has 1 aromatic carbocycles. The lowest BCUT2D eigenvalue weighted by Crippen LogP contribution is -2.49. The van der Waals surface area contributed by atoms with Crippen LogP contribution < -0.4 is 10.2 Å². The maximum atomic E-state index is 10.5. The lowest BCUT2D eigenvalue weighted by Gasteiger charge is -2.37. The van der Waals surface area contributed by atoms with Gasteiger partial charge in [-0.1, -0.05) is 25.1 Å². The summed E-state index contributed by atoms with van der Waals surface area (Å²) in [5.74, 6) is 0.659. The zero-order valence-corrected chi connectivity index (χ0v) is 13.0. The highest BCUT2D eigenvalue weighted by molar-refractivity contribution is 5.55. The van der Waals surface area contributed by atoms with Gasteiger partial charge in [0.2, 0.25) is 0 Å². The molecule has 1 fully saturated rings. The van der Waals surface area contributed by atoms with Gasteiger partial charge in [0.15, 0.2) is 0 Å². The smallest absolute Gasteiger partial charge is 0.0841 e. The van der Waals surface area contributed by atoms with E-state index in [1.807, 2.05) is 0 Å². The molecule has 4 heteroatoms. The van der Waals surface area contributed by atoms with Crippen molar-refractivity contribution in [3.8, 4) is 0 Å². The monoisotopic (exact) mass is 289 g/mol. The first kappa shape index (κ1) is 14.8. The molecule has 1 aromatic rings. The van der Waals surface area contributed by atoms with Gasteiger partial charge >= 0.3 is 0 Å². The molecule has 2 aliphatic rings. The normalized spacial score (nSPS) is 24.7. The SMILES string of the molecule is CC1Cc2ccccc2N(CC(O)CN2CCNCC2)C1. The van der Waals surface area contributed by atoms with Crippen molar-refractivity contribution in [2.75, 3.05) is 50.7 Å². The third kappa shape index (κ3) is 3.76. The molecule has 2 heterocycles. The molecule has 0 saturated carbocycles. The molecule has 2 N–H and O–H groups in total. The molecule has 0 bridgehead atoms. The average Bonchev–Trinajstić information content (AvgIpc) is 2.48. The summed E-state index contributed by atoms with van der Waals surface area (Å²) in [7, 11) is 0. The number of rotatable bonds is 4. The third-order valence-electron chi connectivity index (χ3n) is 4.54. The highest BCUT2D eigenvalue weighted by Crippen LogP contribution is 2.29. The fourth-order valence-corrected chi connectivity index (χ4v) is 3.58. The molecule has 0 amide bonds. The van der Waals surface area contributed by atoms with E-state index in [-0.39, 0.29) is 6.10 Å². The van der Waals surface area contributed by atoms with Gasteiger partial charge in [-0.3, -0.25) is 4.90 Å². The minimum absolute atomic E-state index is 0.276. The molecule has 2 unspecified atom stereocenters. The second-order valence-corrected chi connectivity index (χ2v) is 6.55. The highest BCUT2D eigenvalue weighted by atomic mass is 16.3. The number of aliphatic hydroxyl groups excluding tert-OH is 1. The lowest BCUT2D eigenvalue weighted by molar-refractivity contribution is 0.108. The van der Waals surface area contributed by atoms with Crippen molar-refractivity contribution in [1.82, 2.24) is 10.2 Å². The van der Waals surface area contributed by atoms with Crippen LogP contribution in [0.2, 0.25) is 0 Å². The summed E-state index contributed by atoms with van der Waals surface area (Å²) in [6.45, 7) is 9.04. The quantitative estimate of drug-likeness (QED) is 0.866. The van der Waals surface area contributed by atoms with Gasteiger partial charge in [0.25, 0.3) is 0 Å². The maximum absolute atomic E-state index is 10.5. The molecule has 0 spiro atoms. The molecule has 116 valence electrons. The van der Waals surface area contributed by atoms with Crippen LogP contribution in [0, 0.1) is 5.92 Å². The molecule has 3 rings (SSSR count). The van der Waals surface area contributed by atoms with E-state index in [0.717, 1.165) is 52.2 Å². The van der Waals surface area contributed by atoms with Crippen LogP contribution in [0.4, 0.5) is 5.69 Å². The van der Waals surface area contributed by atoms with Gasteiger partial charge in [-0.05, 0) is 24.0 Å². The first-order valence-electron chi connectivity index (χ1n) is 8.16. The number of β-amino-alcohol motifs (C(OH)–C–C–N with tert-alkyl or cyclic N) is 1. The van der Waals surface area contributed by atoms with Crippen molar-refractivity contribution in [2.45, 2.75) is 19.4 Å². The van der Waals surface area contributed by atoms with Crippen LogP contribution in [0.5, 0.6) is 0 Å². The highest BCUT2D eigenvalue weighted by Gasteiger charge is 2.24. The van der Waals surface area contributed by atoms with Crippen molar-refractivity contribution in [3.05, 3.63) is 29.8 Å². The molecular weight excluding hydrogens is 262 g/mol. The minimum Gasteiger partial charge on any atom is -0.390 e. The number of fused-ring (bicyclic) bond motifs is 1. The molecule has 4 nitrogen and oxygen atoms in total. The van der Waals surface area contributed by atoms with Crippen molar-refractivity contribution in [3.63, 3.8) is 0 Å². The third-order valence-corrected chi connectivity index (χ3v) is 4.54. The van der Waals surface area contributed by atoms with Gasteiger partial charge in [-0.2, -0.15) is 0 Å². The average molecular weight is 289 g/mol. The summed E-state index contributed by atoms with van der Waals surface area (Å²) in [5.41, 5.74) is 2.74. The molecule has 1 saturated heterocycles. The Morgan fingerprint density at radius 1 is 1.24 bits per heavy atom. The zero-order valence-electron chi connectivity index (χ0n) is 13.0. The number of hydrogen-bond donors (Lipinski definition) is 2. The van der Waals surface area contributed by atoms with Crippen LogP contribution in [-0.4, -0.2) is 61.9 Å². The summed E-state index contributed by atoms with van der Waals surface area (Å²) in [5, 5.41) is 13.8. The van der Waals surface area contributed by atoms with E-state index < -0.39 is 0 Å². The Balaban J connectivity index is 1.61. The molecule has 21 heavy (non-hydrogen) atoms.